The van der Waals surface area contributed by atoms with Crippen LogP contribution in [-0.2, 0) is 15.4 Å². The zero-order valence-corrected chi connectivity index (χ0v) is 11.1. The molecule has 3 heterocycles. The summed E-state index contributed by atoms with van der Waals surface area (Å²) in [7, 11) is 0. The van der Waals surface area contributed by atoms with Crippen molar-refractivity contribution in [2.75, 3.05) is 19.8 Å². The number of aromatic nitrogens is 3. The lowest BCUT2D eigenvalue weighted by molar-refractivity contribution is -0.145. The summed E-state index contributed by atoms with van der Waals surface area (Å²) in [6.45, 7) is 2.40. The molecule has 1 aromatic rings. The van der Waals surface area contributed by atoms with Gasteiger partial charge in [-0.25, -0.2) is 4.68 Å². The van der Waals surface area contributed by atoms with Crippen molar-refractivity contribution < 1.29 is 9.47 Å². The van der Waals surface area contributed by atoms with Gasteiger partial charge in [0.05, 0.1) is 23.2 Å². The molecule has 0 aromatic carbocycles. The van der Waals surface area contributed by atoms with Gasteiger partial charge in [0.1, 0.15) is 0 Å². The first kappa shape index (κ1) is 12.4. The molecule has 0 saturated carbocycles. The molecule has 2 aliphatic rings. The van der Waals surface area contributed by atoms with Crippen LogP contribution >= 0.6 is 11.6 Å². The highest BCUT2D eigenvalue weighted by Crippen LogP contribution is 2.38. The average molecular weight is 272 g/mol. The molecule has 0 bridgehead atoms. The summed E-state index contributed by atoms with van der Waals surface area (Å²) >= 11 is 5.76. The Bertz CT molecular complexity index is 398. The molecule has 5 nitrogen and oxygen atoms in total. The molecule has 3 rings (SSSR count). The van der Waals surface area contributed by atoms with Crippen LogP contribution < -0.4 is 0 Å². The Morgan fingerprint density at radius 2 is 2.22 bits per heavy atom. The Balaban J connectivity index is 1.73. The fraction of sp³-hybridized carbons (Fsp3) is 0.833. The smallest absolute Gasteiger partial charge is 0.0974 e. The molecule has 1 aromatic heterocycles. The number of rotatable bonds is 2. The van der Waals surface area contributed by atoms with Crippen LogP contribution in [0.15, 0.2) is 6.20 Å². The number of hydrogen-bond acceptors (Lipinski definition) is 4. The monoisotopic (exact) mass is 271 g/mol. The second-order valence-electron chi connectivity index (χ2n) is 5.11. The molecule has 0 aliphatic carbocycles. The summed E-state index contributed by atoms with van der Waals surface area (Å²) in [5.74, 6) is 0.419. The van der Waals surface area contributed by atoms with Crippen molar-refractivity contribution in [1.29, 1.82) is 0 Å². The largest absolute Gasteiger partial charge is 0.381 e. The van der Waals surface area contributed by atoms with Crippen LogP contribution in [0, 0.1) is 0 Å². The predicted octanol–water partition coefficient (Wildman–Crippen LogP) is 1.92. The van der Waals surface area contributed by atoms with E-state index in [1.54, 1.807) is 0 Å². The highest BCUT2D eigenvalue weighted by molar-refractivity contribution is 6.16. The number of halogens is 1. The first-order chi connectivity index (χ1) is 8.81. The number of hydrogen-bond donors (Lipinski definition) is 0. The first-order valence-electron chi connectivity index (χ1n) is 6.50. The molecule has 2 fully saturated rings. The van der Waals surface area contributed by atoms with Crippen molar-refractivity contribution in [2.24, 2.45) is 0 Å². The van der Waals surface area contributed by atoms with Crippen molar-refractivity contribution in [1.82, 2.24) is 15.0 Å². The topological polar surface area (TPSA) is 49.2 Å². The molecular weight excluding hydrogens is 254 g/mol. The van der Waals surface area contributed by atoms with Gasteiger partial charge < -0.3 is 9.47 Å². The molecule has 0 radical (unpaired) electrons. The zero-order valence-electron chi connectivity index (χ0n) is 10.3. The Labute approximate surface area is 111 Å². The first-order valence-corrected chi connectivity index (χ1v) is 7.03. The van der Waals surface area contributed by atoms with Gasteiger partial charge in [-0.3, -0.25) is 0 Å². The Morgan fingerprint density at radius 3 is 2.94 bits per heavy atom. The summed E-state index contributed by atoms with van der Waals surface area (Å²) < 4.78 is 13.4. The number of alkyl halides is 1. The summed E-state index contributed by atoms with van der Waals surface area (Å²) in [5, 5.41) is 8.24. The average Bonchev–Trinajstić information content (AvgIpc) is 2.88. The molecule has 2 aliphatic heterocycles. The fourth-order valence-electron chi connectivity index (χ4n) is 2.87. The van der Waals surface area contributed by atoms with Gasteiger partial charge in [0.2, 0.25) is 0 Å². The van der Waals surface area contributed by atoms with Crippen molar-refractivity contribution in [3.05, 3.63) is 11.9 Å². The van der Waals surface area contributed by atoms with Crippen molar-refractivity contribution in [3.63, 3.8) is 0 Å². The molecule has 100 valence electrons. The van der Waals surface area contributed by atoms with Crippen LogP contribution in [0.2, 0.25) is 0 Å². The lowest BCUT2D eigenvalue weighted by atomic mass is 9.84. The van der Waals surface area contributed by atoms with Crippen LogP contribution in [0.25, 0.3) is 0 Å². The van der Waals surface area contributed by atoms with E-state index in [0.717, 1.165) is 51.2 Å². The van der Waals surface area contributed by atoms with Crippen LogP contribution in [0.1, 0.15) is 37.4 Å². The minimum atomic E-state index is -0.00571. The third-order valence-corrected chi connectivity index (χ3v) is 4.21. The molecule has 1 spiro atoms. The normalized spacial score (nSPS) is 27.5. The molecular formula is C12H18ClN3O2. The third kappa shape index (κ3) is 2.39. The van der Waals surface area contributed by atoms with Gasteiger partial charge in [-0.05, 0) is 25.7 Å². The maximum absolute atomic E-state index is 6.02. The highest BCUT2D eigenvalue weighted by Gasteiger charge is 2.39. The molecule has 1 atom stereocenters. The summed E-state index contributed by atoms with van der Waals surface area (Å²) in [6, 6.07) is 0.376. The van der Waals surface area contributed by atoms with Crippen molar-refractivity contribution in [3.8, 4) is 0 Å². The van der Waals surface area contributed by atoms with E-state index >= 15 is 0 Å². The fourth-order valence-corrected chi connectivity index (χ4v) is 3.00. The van der Waals surface area contributed by atoms with Crippen molar-refractivity contribution in [2.45, 2.75) is 43.2 Å². The standard InChI is InChI=1S/C12H18ClN3O2/c13-8-10-9-16(15-14-10)11-1-4-18-12(7-11)2-5-17-6-3-12/h9,11H,1-8H2. The minimum absolute atomic E-state index is 0.00571. The van der Waals surface area contributed by atoms with E-state index in [2.05, 4.69) is 10.3 Å². The quantitative estimate of drug-likeness (QED) is 0.771. The number of ether oxygens (including phenoxy) is 2. The van der Waals surface area contributed by atoms with E-state index in [4.69, 9.17) is 21.1 Å². The third-order valence-electron chi connectivity index (χ3n) is 3.94. The maximum atomic E-state index is 6.02. The van der Waals surface area contributed by atoms with Gasteiger partial charge in [-0.15, -0.1) is 16.7 Å². The van der Waals surface area contributed by atoms with Gasteiger partial charge >= 0.3 is 0 Å². The number of nitrogens with zero attached hydrogens (tertiary/aromatic N) is 3. The Kier molecular flexibility index (Phi) is 3.54. The van der Waals surface area contributed by atoms with Gasteiger partial charge in [-0.1, -0.05) is 5.21 Å². The highest BCUT2D eigenvalue weighted by atomic mass is 35.5. The van der Waals surface area contributed by atoms with Gasteiger partial charge in [0.25, 0.3) is 0 Å². The van der Waals surface area contributed by atoms with Gasteiger partial charge in [0, 0.05) is 26.0 Å². The van der Waals surface area contributed by atoms with E-state index < -0.39 is 0 Å². The van der Waals surface area contributed by atoms with E-state index in [1.165, 1.54) is 0 Å². The molecule has 18 heavy (non-hydrogen) atoms. The second kappa shape index (κ2) is 5.15. The van der Waals surface area contributed by atoms with E-state index in [0.29, 0.717) is 11.9 Å². The molecule has 1 unspecified atom stereocenters. The molecule has 2 saturated heterocycles. The zero-order chi connectivity index (χ0) is 12.4. The van der Waals surface area contributed by atoms with Gasteiger partial charge in [-0.2, -0.15) is 0 Å². The van der Waals surface area contributed by atoms with Crippen LogP contribution in [0.4, 0.5) is 0 Å². The maximum Gasteiger partial charge on any atom is 0.0974 e. The predicted molar refractivity (Wildman–Crippen MR) is 66.6 cm³/mol. The lowest BCUT2D eigenvalue weighted by Crippen LogP contribution is -2.44. The van der Waals surface area contributed by atoms with E-state index in [1.807, 2.05) is 10.9 Å². The Morgan fingerprint density at radius 1 is 1.39 bits per heavy atom. The van der Waals surface area contributed by atoms with Gasteiger partial charge in [0.15, 0.2) is 0 Å². The minimum Gasteiger partial charge on any atom is -0.381 e. The summed E-state index contributed by atoms with van der Waals surface area (Å²) in [5.41, 5.74) is 0.831. The summed E-state index contributed by atoms with van der Waals surface area (Å²) in [6.07, 6.45) is 5.92. The van der Waals surface area contributed by atoms with E-state index in [-0.39, 0.29) is 5.60 Å². The molecule has 0 amide bonds. The van der Waals surface area contributed by atoms with Crippen LogP contribution in [0.3, 0.4) is 0 Å². The summed E-state index contributed by atoms with van der Waals surface area (Å²) in [4.78, 5) is 0. The Hall–Kier alpha value is -0.650. The molecule has 6 heteroatoms. The van der Waals surface area contributed by atoms with Crippen LogP contribution in [0.5, 0.6) is 0 Å². The second-order valence-corrected chi connectivity index (χ2v) is 5.38. The van der Waals surface area contributed by atoms with Crippen LogP contribution in [-0.4, -0.2) is 40.4 Å². The molecule has 0 N–H and O–H groups in total. The lowest BCUT2D eigenvalue weighted by Gasteiger charge is -2.43. The van der Waals surface area contributed by atoms with Crippen molar-refractivity contribution >= 4 is 11.6 Å². The SMILES string of the molecule is ClCc1cn(C2CCOC3(CCOCC3)C2)nn1. The van der Waals surface area contributed by atoms with E-state index in [9.17, 15) is 0 Å².